The Bertz CT molecular complexity index is 871. The predicted molar refractivity (Wildman–Crippen MR) is 116 cm³/mol. The molecule has 2 aromatic rings. The van der Waals surface area contributed by atoms with Gasteiger partial charge < -0.3 is 37.3 Å². The van der Waals surface area contributed by atoms with Gasteiger partial charge >= 0.3 is 5.97 Å². The van der Waals surface area contributed by atoms with Gasteiger partial charge in [0, 0.05) is 18.3 Å². The molecule has 0 aliphatic rings. The maximum absolute atomic E-state index is 12.8. The first-order valence-electron chi connectivity index (χ1n) is 10.3. The zero-order valence-corrected chi connectivity index (χ0v) is 17.7. The molecule has 11 heteroatoms. The first-order chi connectivity index (χ1) is 15.3. The van der Waals surface area contributed by atoms with Gasteiger partial charge in [-0.3, -0.25) is 9.59 Å². The number of H-pyrrole nitrogens is 1. The van der Waals surface area contributed by atoms with E-state index in [2.05, 4.69) is 20.6 Å². The molecule has 32 heavy (non-hydrogen) atoms. The number of phenols is 1. The van der Waals surface area contributed by atoms with Crippen LogP contribution in [0.5, 0.6) is 5.75 Å². The summed E-state index contributed by atoms with van der Waals surface area (Å²) in [7, 11) is 0. The van der Waals surface area contributed by atoms with Crippen LogP contribution >= 0.6 is 0 Å². The summed E-state index contributed by atoms with van der Waals surface area (Å²) in [5, 5.41) is 24.0. The summed E-state index contributed by atoms with van der Waals surface area (Å²) < 4.78 is 0. The number of phenolic OH excluding ortho intramolecular Hbond substituents is 1. The lowest BCUT2D eigenvalue weighted by atomic mass is 10.0. The van der Waals surface area contributed by atoms with E-state index in [-0.39, 0.29) is 25.0 Å². The van der Waals surface area contributed by atoms with Gasteiger partial charge in [-0.1, -0.05) is 12.1 Å². The number of aliphatic carboxylic acids is 1. The monoisotopic (exact) mass is 446 g/mol. The second-order valence-electron chi connectivity index (χ2n) is 7.50. The fraction of sp³-hybridized carbons (Fsp3) is 0.429. The van der Waals surface area contributed by atoms with Crippen LogP contribution in [-0.2, 0) is 27.2 Å². The van der Waals surface area contributed by atoms with Crippen molar-refractivity contribution in [1.82, 2.24) is 20.6 Å². The summed E-state index contributed by atoms with van der Waals surface area (Å²) in [6.45, 7) is 0.431. The van der Waals surface area contributed by atoms with Gasteiger partial charge in [-0.05, 0) is 49.9 Å². The highest BCUT2D eigenvalue weighted by Gasteiger charge is 2.28. The molecule has 0 aliphatic heterocycles. The first-order valence-corrected chi connectivity index (χ1v) is 10.3. The molecular weight excluding hydrogens is 416 g/mol. The molecule has 3 unspecified atom stereocenters. The van der Waals surface area contributed by atoms with Crippen LogP contribution < -0.4 is 22.1 Å². The topological polar surface area (TPSA) is 196 Å². The second kappa shape index (κ2) is 12.4. The molecule has 0 spiro atoms. The number of nitrogens with two attached hydrogens (primary N) is 2. The quantitative estimate of drug-likeness (QED) is 0.198. The molecule has 3 atom stereocenters. The number of hydrogen-bond donors (Lipinski definition) is 7. The van der Waals surface area contributed by atoms with Crippen molar-refractivity contribution in [1.29, 1.82) is 0 Å². The van der Waals surface area contributed by atoms with Gasteiger partial charge in [-0.15, -0.1) is 0 Å². The number of carbonyl (C=O) groups is 3. The van der Waals surface area contributed by atoms with Crippen LogP contribution in [0.25, 0.3) is 0 Å². The molecular formula is C21H30N6O5. The molecule has 1 aromatic carbocycles. The number of nitrogens with zero attached hydrogens (tertiary/aromatic N) is 1. The molecule has 1 aromatic heterocycles. The van der Waals surface area contributed by atoms with E-state index in [0.717, 1.165) is 5.56 Å². The van der Waals surface area contributed by atoms with E-state index < -0.39 is 35.9 Å². The minimum absolute atomic E-state index is 0.0188. The summed E-state index contributed by atoms with van der Waals surface area (Å²) in [5.41, 5.74) is 12.8. The third-order valence-electron chi connectivity index (χ3n) is 4.90. The van der Waals surface area contributed by atoms with E-state index in [4.69, 9.17) is 11.5 Å². The summed E-state index contributed by atoms with van der Waals surface area (Å²) in [6.07, 6.45) is 4.63. The van der Waals surface area contributed by atoms with Crippen LogP contribution in [0.4, 0.5) is 0 Å². The number of carboxylic acid groups (broad SMARTS) is 1. The Balaban J connectivity index is 2.02. The minimum Gasteiger partial charge on any atom is -0.508 e. The van der Waals surface area contributed by atoms with E-state index in [1.807, 2.05) is 0 Å². The van der Waals surface area contributed by atoms with E-state index in [9.17, 15) is 24.6 Å². The van der Waals surface area contributed by atoms with Gasteiger partial charge in [-0.25, -0.2) is 9.78 Å². The van der Waals surface area contributed by atoms with Gasteiger partial charge in [0.05, 0.1) is 12.4 Å². The Morgan fingerprint density at radius 1 is 1.03 bits per heavy atom. The largest absolute Gasteiger partial charge is 0.508 e. The fourth-order valence-corrected chi connectivity index (χ4v) is 3.11. The van der Waals surface area contributed by atoms with Gasteiger partial charge in [0.25, 0.3) is 0 Å². The molecule has 2 rings (SSSR count). The summed E-state index contributed by atoms with van der Waals surface area (Å²) in [6, 6.07) is 3.22. The number of nitrogens with one attached hydrogen (secondary N) is 3. The molecule has 1 heterocycles. The molecule has 9 N–H and O–H groups in total. The lowest BCUT2D eigenvalue weighted by Crippen LogP contribution is -2.55. The maximum atomic E-state index is 12.8. The third kappa shape index (κ3) is 8.00. The predicted octanol–water partition coefficient (Wildman–Crippen LogP) is -0.589. The zero-order chi connectivity index (χ0) is 23.5. The van der Waals surface area contributed by atoms with Crippen LogP contribution in [-0.4, -0.2) is 62.6 Å². The van der Waals surface area contributed by atoms with Crippen molar-refractivity contribution in [2.24, 2.45) is 11.5 Å². The molecule has 0 saturated carbocycles. The van der Waals surface area contributed by atoms with Crippen molar-refractivity contribution in [2.75, 3.05) is 6.54 Å². The molecule has 0 radical (unpaired) electrons. The number of amides is 2. The summed E-state index contributed by atoms with van der Waals surface area (Å²) in [4.78, 5) is 43.7. The van der Waals surface area contributed by atoms with Crippen molar-refractivity contribution >= 4 is 17.8 Å². The number of hydrogen-bond acceptors (Lipinski definition) is 7. The van der Waals surface area contributed by atoms with Crippen LogP contribution in [0.3, 0.4) is 0 Å². The average molecular weight is 447 g/mol. The Labute approximate surface area is 185 Å². The molecule has 174 valence electrons. The van der Waals surface area contributed by atoms with Crippen LogP contribution in [0.15, 0.2) is 36.8 Å². The minimum atomic E-state index is -1.20. The number of aromatic hydroxyl groups is 1. The average Bonchev–Trinajstić information content (AvgIpc) is 3.27. The number of benzene rings is 1. The highest BCUT2D eigenvalue weighted by molar-refractivity contribution is 5.91. The number of aromatic nitrogens is 2. The van der Waals surface area contributed by atoms with Crippen LogP contribution in [0, 0.1) is 0 Å². The molecule has 2 amide bonds. The van der Waals surface area contributed by atoms with Crippen LogP contribution in [0.2, 0.25) is 0 Å². The van der Waals surface area contributed by atoms with Gasteiger partial charge in [0.1, 0.15) is 17.8 Å². The van der Waals surface area contributed by atoms with E-state index in [0.29, 0.717) is 25.1 Å². The van der Waals surface area contributed by atoms with Crippen molar-refractivity contribution in [3.05, 3.63) is 48.0 Å². The number of imidazole rings is 1. The molecule has 0 fully saturated rings. The second-order valence-corrected chi connectivity index (χ2v) is 7.50. The maximum Gasteiger partial charge on any atom is 0.326 e. The van der Waals surface area contributed by atoms with E-state index >= 15 is 0 Å². The molecule has 0 saturated heterocycles. The SMILES string of the molecule is NCCCCC(NC(=O)C(N)Cc1ccc(O)cc1)C(=O)NC(Cc1cnc[nH]1)C(=O)O. The zero-order valence-electron chi connectivity index (χ0n) is 17.7. The Morgan fingerprint density at radius 2 is 1.72 bits per heavy atom. The van der Waals surface area contributed by atoms with Crippen molar-refractivity contribution < 1.29 is 24.6 Å². The number of aromatic amines is 1. The van der Waals surface area contributed by atoms with E-state index in [1.165, 1.54) is 24.7 Å². The number of carbonyl (C=O) groups excluding carboxylic acids is 2. The Kier molecular flexibility index (Phi) is 9.64. The highest BCUT2D eigenvalue weighted by Crippen LogP contribution is 2.11. The smallest absolute Gasteiger partial charge is 0.326 e. The van der Waals surface area contributed by atoms with Gasteiger partial charge in [-0.2, -0.15) is 0 Å². The van der Waals surface area contributed by atoms with E-state index in [1.54, 1.807) is 12.1 Å². The van der Waals surface area contributed by atoms with Gasteiger partial charge in [0.15, 0.2) is 0 Å². The lowest BCUT2D eigenvalue weighted by Gasteiger charge is -2.23. The number of unbranched alkanes of at least 4 members (excludes halogenated alkanes) is 1. The summed E-state index contributed by atoms with van der Waals surface area (Å²) >= 11 is 0. The normalized spacial score (nSPS) is 13.7. The fourth-order valence-electron chi connectivity index (χ4n) is 3.11. The standard InChI is InChI=1S/C21H30N6O5/c22-8-2-1-3-17(20(30)27-18(21(31)32)10-14-11-24-12-25-14)26-19(29)16(23)9-13-4-6-15(28)7-5-13/h4-7,11-12,16-18,28H,1-3,8-10,22-23H2,(H,24,25)(H,26,29)(H,27,30)(H,31,32). The summed E-state index contributed by atoms with van der Waals surface area (Å²) in [5.74, 6) is -2.25. The number of carboxylic acids is 1. The Morgan fingerprint density at radius 3 is 2.31 bits per heavy atom. The lowest BCUT2D eigenvalue weighted by molar-refractivity contribution is -0.142. The third-order valence-corrected chi connectivity index (χ3v) is 4.90. The Hall–Kier alpha value is -3.44. The number of rotatable bonds is 13. The molecule has 0 aliphatic carbocycles. The van der Waals surface area contributed by atoms with Crippen molar-refractivity contribution in [3.63, 3.8) is 0 Å². The van der Waals surface area contributed by atoms with Crippen LogP contribution in [0.1, 0.15) is 30.5 Å². The molecule has 11 nitrogen and oxygen atoms in total. The van der Waals surface area contributed by atoms with Crippen molar-refractivity contribution in [2.45, 2.75) is 50.2 Å². The highest BCUT2D eigenvalue weighted by atomic mass is 16.4. The van der Waals surface area contributed by atoms with Crippen molar-refractivity contribution in [3.8, 4) is 5.75 Å². The molecule has 0 bridgehead atoms. The first kappa shape index (κ1) is 24.8. The van der Waals surface area contributed by atoms with Gasteiger partial charge in [0.2, 0.25) is 11.8 Å².